The Morgan fingerprint density at radius 1 is 1.32 bits per heavy atom. The number of nitrogens with one attached hydrogen (secondary N) is 1. The molecule has 19 heavy (non-hydrogen) atoms. The van der Waals surface area contributed by atoms with E-state index in [1.165, 1.54) is 10.3 Å². The lowest BCUT2D eigenvalue weighted by Crippen LogP contribution is -2.28. The molecular formula is C14H15N3S2. The van der Waals surface area contributed by atoms with Crippen LogP contribution in [0.5, 0.6) is 0 Å². The molecule has 3 N–H and O–H groups in total. The lowest BCUT2D eigenvalue weighted by molar-refractivity contribution is 0.516. The van der Waals surface area contributed by atoms with Crippen molar-refractivity contribution in [2.45, 2.75) is 18.9 Å². The number of nitrogens with zero attached hydrogens (tertiary/aromatic N) is 1. The molecule has 0 aliphatic heterocycles. The fourth-order valence-corrected chi connectivity index (χ4v) is 3.64. The number of pyridine rings is 1. The van der Waals surface area contributed by atoms with E-state index in [1.54, 1.807) is 22.7 Å². The Kier molecular flexibility index (Phi) is 3.89. The maximum Gasteiger partial charge on any atom is 0.0809 e. The Labute approximate surface area is 120 Å². The quantitative estimate of drug-likeness (QED) is 0.558. The van der Waals surface area contributed by atoms with Gasteiger partial charge in [0, 0.05) is 12.2 Å². The zero-order chi connectivity index (χ0) is 13.1. The number of hydrogen-bond donors (Lipinski definition) is 2. The van der Waals surface area contributed by atoms with E-state index in [4.69, 9.17) is 5.84 Å². The van der Waals surface area contributed by atoms with Gasteiger partial charge in [0.15, 0.2) is 0 Å². The zero-order valence-electron chi connectivity index (χ0n) is 10.4. The van der Waals surface area contributed by atoms with Gasteiger partial charge in [-0.2, -0.15) is 11.3 Å². The van der Waals surface area contributed by atoms with Gasteiger partial charge >= 0.3 is 0 Å². The summed E-state index contributed by atoms with van der Waals surface area (Å²) < 4.78 is 1.22. The summed E-state index contributed by atoms with van der Waals surface area (Å²) in [5, 5.41) is 6.37. The van der Waals surface area contributed by atoms with Crippen LogP contribution in [0.1, 0.15) is 23.6 Å². The largest absolute Gasteiger partial charge is 0.271 e. The number of hydrogen-bond acceptors (Lipinski definition) is 5. The summed E-state index contributed by atoms with van der Waals surface area (Å²) in [5.74, 6) is 5.69. The summed E-state index contributed by atoms with van der Waals surface area (Å²) in [6.07, 6.45) is 3.93. The molecule has 0 aromatic carbocycles. The highest BCUT2D eigenvalue weighted by molar-refractivity contribution is 7.17. The van der Waals surface area contributed by atoms with Crippen molar-refractivity contribution >= 4 is 32.9 Å². The second kappa shape index (κ2) is 5.79. The molecule has 3 heterocycles. The van der Waals surface area contributed by atoms with Gasteiger partial charge in [-0.15, -0.1) is 11.3 Å². The van der Waals surface area contributed by atoms with Gasteiger partial charge in [0.1, 0.15) is 0 Å². The fourth-order valence-electron chi connectivity index (χ4n) is 2.14. The summed E-state index contributed by atoms with van der Waals surface area (Å²) in [7, 11) is 0. The van der Waals surface area contributed by atoms with E-state index in [1.807, 2.05) is 12.3 Å². The van der Waals surface area contributed by atoms with Crippen molar-refractivity contribution in [1.82, 2.24) is 10.4 Å². The molecule has 5 heteroatoms. The summed E-state index contributed by atoms with van der Waals surface area (Å²) in [5.41, 5.74) is 6.49. The second-order valence-electron chi connectivity index (χ2n) is 4.46. The summed E-state index contributed by atoms with van der Waals surface area (Å²) in [6.45, 7) is 0. The first-order valence-electron chi connectivity index (χ1n) is 6.17. The number of thiophene rings is 2. The minimum absolute atomic E-state index is 0.152. The Morgan fingerprint density at radius 2 is 2.26 bits per heavy atom. The Balaban J connectivity index is 1.76. The Morgan fingerprint density at radius 3 is 3.05 bits per heavy atom. The highest BCUT2D eigenvalue weighted by Gasteiger charge is 2.11. The number of fused-ring (bicyclic) bond motifs is 1. The van der Waals surface area contributed by atoms with E-state index < -0.39 is 0 Å². The molecule has 0 bridgehead atoms. The standard InChI is InChI=1S/C14H15N3S2/c15-17-12(2-1-10-3-5-18-9-10)11-7-14-13(16-8-11)4-6-19-14/h3-9,12,17H,1-2,15H2. The maximum atomic E-state index is 5.69. The van der Waals surface area contributed by atoms with Crippen molar-refractivity contribution in [3.05, 3.63) is 51.7 Å². The molecule has 0 aliphatic rings. The topological polar surface area (TPSA) is 50.9 Å². The second-order valence-corrected chi connectivity index (χ2v) is 6.19. The molecule has 3 aromatic rings. The van der Waals surface area contributed by atoms with Crippen LogP contribution in [0.3, 0.4) is 0 Å². The number of aryl methyl sites for hydroxylation is 1. The third-order valence-corrected chi connectivity index (χ3v) is 4.81. The van der Waals surface area contributed by atoms with Crippen molar-refractivity contribution in [2.24, 2.45) is 5.84 Å². The van der Waals surface area contributed by atoms with Crippen molar-refractivity contribution in [2.75, 3.05) is 0 Å². The van der Waals surface area contributed by atoms with E-state index in [9.17, 15) is 0 Å². The van der Waals surface area contributed by atoms with Crippen molar-refractivity contribution < 1.29 is 0 Å². The summed E-state index contributed by atoms with van der Waals surface area (Å²) in [6, 6.07) is 6.54. The average Bonchev–Trinajstić information content (AvgIpc) is 3.09. The minimum Gasteiger partial charge on any atom is -0.271 e. The van der Waals surface area contributed by atoms with E-state index >= 15 is 0 Å². The van der Waals surface area contributed by atoms with Crippen molar-refractivity contribution in [1.29, 1.82) is 0 Å². The van der Waals surface area contributed by atoms with Crippen LogP contribution in [-0.2, 0) is 6.42 Å². The minimum atomic E-state index is 0.152. The van der Waals surface area contributed by atoms with Crippen LogP contribution in [0.2, 0.25) is 0 Å². The van der Waals surface area contributed by atoms with Gasteiger partial charge in [-0.3, -0.25) is 16.3 Å². The average molecular weight is 289 g/mol. The van der Waals surface area contributed by atoms with Crippen LogP contribution in [0, 0.1) is 0 Å². The van der Waals surface area contributed by atoms with E-state index in [-0.39, 0.29) is 6.04 Å². The first-order valence-corrected chi connectivity index (χ1v) is 7.99. The van der Waals surface area contributed by atoms with Gasteiger partial charge < -0.3 is 0 Å². The van der Waals surface area contributed by atoms with Crippen LogP contribution in [0.4, 0.5) is 0 Å². The Bertz CT molecular complexity index is 646. The molecular weight excluding hydrogens is 274 g/mol. The molecule has 0 amide bonds. The van der Waals surface area contributed by atoms with Gasteiger partial charge in [-0.25, -0.2) is 0 Å². The van der Waals surface area contributed by atoms with Crippen LogP contribution in [0.25, 0.3) is 10.2 Å². The number of aromatic nitrogens is 1. The summed E-state index contributed by atoms with van der Waals surface area (Å²) >= 11 is 3.45. The molecule has 0 radical (unpaired) electrons. The molecule has 3 rings (SSSR count). The molecule has 0 saturated heterocycles. The van der Waals surface area contributed by atoms with Crippen LogP contribution in [0.15, 0.2) is 40.5 Å². The smallest absolute Gasteiger partial charge is 0.0809 e. The number of nitrogens with two attached hydrogens (primary N) is 1. The Hall–Kier alpha value is -1.27. The lowest BCUT2D eigenvalue weighted by Gasteiger charge is -2.15. The van der Waals surface area contributed by atoms with Crippen LogP contribution >= 0.6 is 22.7 Å². The van der Waals surface area contributed by atoms with Gasteiger partial charge in [0.2, 0.25) is 0 Å². The van der Waals surface area contributed by atoms with Gasteiger partial charge in [-0.1, -0.05) is 0 Å². The van der Waals surface area contributed by atoms with Crippen molar-refractivity contribution in [3.63, 3.8) is 0 Å². The SMILES string of the molecule is NNC(CCc1ccsc1)c1cnc2ccsc2c1. The highest BCUT2D eigenvalue weighted by atomic mass is 32.1. The highest BCUT2D eigenvalue weighted by Crippen LogP contribution is 2.25. The van der Waals surface area contributed by atoms with E-state index in [0.29, 0.717) is 0 Å². The third-order valence-electron chi connectivity index (χ3n) is 3.23. The molecule has 0 saturated carbocycles. The zero-order valence-corrected chi connectivity index (χ0v) is 12.0. The summed E-state index contributed by atoms with van der Waals surface area (Å²) in [4.78, 5) is 4.47. The molecule has 1 atom stereocenters. The maximum absolute atomic E-state index is 5.69. The molecule has 3 nitrogen and oxygen atoms in total. The van der Waals surface area contributed by atoms with E-state index in [0.717, 1.165) is 23.9 Å². The molecule has 98 valence electrons. The van der Waals surface area contributed by atoms with Crippen LogP contribution in [-0.4, -0.2) is 4.98 Å². The molecule has 0 aliphatic carbocycles. The number of rotatable bonds is 5. The third kappa shape index (κ3) is 2.84. The predicted octanol–water partition coefficient (Wildman–Crippen LogP) is 3.50. The van der Waals surface area contributed by atoms with Crippen LogP contribution < -0.4 is 11.3 Å². The van der Waals surface area contributed by atoms with Gasteiger partial charge in [-0.05, 0) is 58.3 Å². The predicted molar refractivity (Wildman–Crippen MR) is 82.3 cm³/mol. The lowest BCUT2D eigenvalue weighted by atomic mass is 10.0. The normalized spacial score (nSPS) is 12.9. The molecule has 3 aromatic heterocycles. The fraction of sp³-hybridized carbons (Fsp3) is 0.214. The molecule has 1 unspecified atom stereocenters. The first-order chi connectivity index (χ1) is 9.36. The van der Waals surface area contributed by atoms with Gasteiger partial charge in [0.25, 0.3) is 0 Å². The molecule has 0 fully saturated rings. The monoisotopic (exact) mass is 289 g/mol. The molecule has 0 spiro atoms. The van der Waals surface area contributed by atoms with E-state index in [2.05, 4.69) is 38.7 Å². The van der Waals surface area contributed by atoms with Crippen molar-refractivity contribution in [3.8, 4) is 0 Å². The number of hydrazine groups is 1. The van der Waals surface area contributed by atoms with Gasteiger partial charge in [0.05, 0.1) is 10.2 Å². The first kappa shape index (κ1) is 12.7.